The molecule has 7 heteroatoms. The molecule has 4 nitrogen and oxygen atoms in total. The first-order chi connectivity index (χ1) is 8.46. The molecule has 0 atom stereocenters. The minimum absolute atomic E-state index is 0.0653. The lowest BCUT2D eigenvalue weighted by molar-refractivity contribution is 0.249. The number of halogens is 2. The molecule has 18 heavy (non-hydrogen) atoms. The number of benzene rings is 1. The summed E-state index contributed by atoms with van der Waals surface area (Å²) >= 11 is 6.64. The summed E-state index contributed by atoms with van der Waals surface area (Å²) in [6, 6.07) is 5.18. The molecule has 0 bridgehead atoms. The Labute approximate surface area is 124 Å². The highest BCUT2D eigenvalue weighted by molar-refractivity contribution is 9.11. The number of nitrogens with one attached hydrogen (secondary N) is 1. The van der Waals surface area contributed by atoms with Gasteiger partial charge in [-0.25, -0.2) is 8.42 Å². The Bertz CT molecular complexity index is 544. The molecule has 0 radical (unpaired) electrons. The van der Waals surface area contributed by atoms with E-state index < -0.39 is 10.0 Å². The summed E-state index contributed by atoms with van der Waals surface area (Å²) in [4.78, 5) is 0.319. The van der Waals surface area contributed by atoms with E-state index in [-0.39, 0.29) is 6.04 Å². The minimum atomic E-state index is -3.43. The monoisotopic (exact) mass is 396 g/mol. The summed E-state index contributed by atoms with van der Waals surface area (Å²) in [6.45, 7) is 3.79. The van der Waals surface area contributed by atoms with Crippen molar-refractivity contribution in [3.05, 3.63) is 27.1 Å². The normalized spacial score (nSPS) is 16.9. The largest absolute Gasteiger partial charge is 0.313 e. The number of rotatable bonds is 4. The molecule has 100 valence electrons. The molecule has 1 aromatic rings. The van der Waals surface area contributed by atoms with Gasteiger partial charge in [0.15, 0.2) is 0 Å². The quantitative estimate of drug-likeness (QED) is 0.847. The fourth-order valence-corrected chi connectivity index (χ4v) is 5.25. The van der Waals surface area contributed by atoms with Gasteiger partial charge < -0.3 is 5.32 Å². The van der Waals surface area contributed by atoms with Crippen LogP contribution in [0.2, 0.25) is 0 Å². The third-order valence-electron chi connectivity index (χ3n) is 2.96. The third kappa shape index (κ3) is 2.65. The third-order valence-corrected chi connectivity index (χ3v) is 6.46. The van der Waals surface area contributed by atoms with Crippen LogP contribution in [0.5, 0.6) is 0 Å². The molecule has 1 heterocycles. The standard InChI is InChI=1S/C11H14Br2N2O2S/c1-2-15(9-6-14-7-9)18(16,17)11-4-3-8(12)5-10(11)13/h3-5,9,14H,2,6-7H2,1H3. The topological polar surface area (TPSA) is 49.4 Å². The van der Waals surface area contributed by atoms with Crippen LogP contribution in [0.4, 0.5) is 0 Å². The van der Waals surface area contributed by atoms with Gasteiger partial charge in [0.2, 0.25) is 10.0 Å². The first kappa shape index (κ1) is 14.5. The van der Waals surface area contributed by atoms with Crippen molar-refractivity contribution in [3.63, 3.8) is 0 Å². The Kier molecular flexibility index (Phi) is 4.48. The van der Waals surface area contributed by atoms with E-state index in [1.54, 1.807) is 22.5 Å². The average molecular weight is 398 g/mol. The summed E-state index contributed by atoms with van der Waals surface area (Å²) in [5.74, 6) is 0. The average Bonchev–Trinajstić information content (AvgIpc) is 2.22. The Morgan fingerprint density at radius 2 is 2.06 bits per heavy atom. The molecule has 0 aromatic heterocycles. The van der Waals surface area contributed by atoms with E-state index in [0.717, 1.165) is 17.6 Å². The Hall–Kier alpha value is 0.0500. The molecule has 1 aliphatic rings. The van der Waals surface area contributed by atoms with Gasteiger partial charge in [-0.15, -0.1) is 0 Å². The Balaban J connectivity index is 2.39. The van der Waals surface area contributed by atoms with Crippen LogP contribution in [0.25, 0.3) is 0 Å². The van der Waals surface area contributed by atoms with E-state index >= 15 is 0 Å². The minimum Gasteiger partial charge on any atom is -0.313 e. The van der Waals surface area contributed by atoms with Crippen LogP contribution in [0.1, 0.15) is 6.92 Å². The zero-order chi connectivity index (χ0) is 13.3. The number of nitrogens with zero attached hydrogens (tertiary/aromatic N) is 1. The van der Waals surface area contributed by atoms with Crippen molar-refractivity contribution in [2.24, 2.45) is 0 Å². The number of likely N-dealkylation sites (N-methyl/N-ethyl adjacent to an activating group) is 1. The van der Waals surface area contributed by atoms with E-state index in [0.29, 0.717) is 15.9 Å². The number of sulfonamides is 1. The number of hydrogen-bond acceptors (Lipinski definition) is 3. The Morgan fingerprint density at radius 3 is 2.50 bits per heavy atom. The molecule has 1 saturated heterocycles. The van der Waals surface area contributed by atoms with Crippen molar-refractivity contribution in [3.8, 4) is 0 Å². The van der Waals surface area contributed by atoms with Crippen molar-refractivity contribution < 1.29 is 8.42 Å². The van der Waals surface area contributed by atoms with E-state index in [4.69, 9.17) is 0 Å². The van der Waals surface area contributed by atoms with Crippen molar-refractivity contribution >= 4 is 41.9 Å². The van der Waals surface area contributed by atoms with Gasteiger partial charge in [-0.3, -0.25) is 0 Å². The zero-order valence-corrected chi connectivity index (χ0v) is 13.8. The fraction of sp³-hybridized carbons (Fsp3) is 0.455. The van der Waals surface area contributed by atoms with E-state index in [2.05, 4.69) is 37.2 Å². The number of hydrogen-bond donors (Lipinski definition) is 1. The first-order valence-corrected chi connectivity index (χ1v) is 8.67. The van der Waals surface area contributed by atoms with Gasteiger partial charge in [-0.05, 0) is 34.1 Å². The van der Waals surface area contributed by atoms with E-state index in [1.807, 2.05) is 6.92 Å². The molecule has 0 saturated carbocycles. The van der Waals surface area contributed by atoms with Crippen molar-refractivity contribution in [2.75, 3.05) is 19.6 Å². The molecule has 0 aliphatic carbocycles. The van der Waals surface area contributed by atoms with Crippen LogP contribution in [0.15, 0.2) is 32.0 Å². The SMILES string of the molecule is CCN(C1CNC1)S(=O)(=O)c1ccc(Br)cc1Br. The van der Waals surface area contributed by atoms with Crippen LogP contribution in [0.3, 0.4) is 0 Å². The summed E-state index contributed by atoms with van der Waals surface area (Å²) in [5.41, 5.74) is 0. The maximum Gasteiger partial charge on any atom is 0.244 e. The highest BCUT2D eigenvalue weighted by Gasteiger charge is 2.34. The van der Waals surface area contributed by atoms with Gasteiger partial charge in [-0.2, -0.15) is 4.31 Å². The Morgan fingerprint density at radius 1 is 1.39 bits per heavy atom. The molecule has 2 rings (SSSR count). The van der Waals surface area contributed by atoms with Crippen LogP contribution in [0, 0.1) is 0 Å². The van der Waals surface area contributed by atoms with Crippen LogP contribution >= 0.6 is 31.9 Å². The molecule has 1 N–H and O–H groups in total. The molecule has 0 amide bonds. The lowest BCUT2D eigenvalue weighted by Gasteiger charge is -2.36. The molecule has 0 spiro atoms. The predicted octanol–water partition coefficient (Wildman–Crippen LogP) is 2.19. The van der Waals surface area contributed by atoms with Gasteiger partial charge in [0.1, 0.15) is 0 Å². The van der Waals surface area contributed by atoms with Crippen LogP contribution < -0.4 is 5.32 Å². The second-order valence-corrected chi connectivity index (χ2v) is 7.72. The van der Waals surface area contributed by atoms with Gasteiger partial charge >= 0.3 is 0 Å². The maximum atomic E-state index is 12.6. The summed E-state index contributed by atoms with van der Waals surface area (Å²) < 4.78 is 28.2. The predicted molar refractivity (Wildman–Crippen MR) is 78.1 cm³/mol. The molecular weight excluding hydrogens is 384 g/mol. The van der Waals surface area contributed by atoms with Gasteiger partial charge in [0, 0.05) is 34.6 Å². The van der Waals surface area contributed by atoms with Crippen LogP contribution in [-0.4, -0.2) is 38.4 Å². The smallest absolute Gasteiger partial charge is 0.244 e. The first-order valence-electron chi connectivity index (χ1n) is 5.64. The fourth-order valence-electron chi connectivity index (χ4n) is 1.91. The maximum absolute atomic E-state index is 12.6. The van der Waals surface area contributed by atoms with E-state index in [9.17, 15) is 8.42 Å². The lowest BCUT2D eigenvalue weighted by Crippen LogP contribution is -2.58. The highest BCUT2D eigenvalue weighted by Crippen LogP contribution is 2.29. The molecule has 0 unspecified atom stereocenters. The molecule has 1 aliphatic heterocycles. The molecular formula is C11H14Br2N2O2S. The summed E-state index contributed by atoms with van der Waals surface area (Å²) in [5, 5.41) is 3.10. The summed E-state index contributed by atoms with van der Waals surface area (Å²) in [6.07, 6.45) is 0. The lowest BCUT2D eigenvalue weighted by atomic mass is 10.2. The zero-order valence-electron chi connectivity index (χ0n) is 9.86. The van der Waals surface area contributed by atoms with Crippen molar-refractivity contribution in [1.29, 1.82) is 0 Å². The molecule has 1 aromatic carbocycles. The second kappa shape index (κ2) is 5.58. The van der Waals surface area contributed by atoms with Crippen molar-refractivity contribution in [2.45, 2.75) is 17.9 Å². The molecule has 1 fully saturated rings. The van der Waals surface area contributed by atoms with Gasteiger partial charge in [0.25, 0.3) is 0 Å². The van der Waals surface area contributed by atoms with Gasteiger partial charge in [0.05, 0.1) is 4.90 Å². The summed E-state index contributed by atoms with van der Waals surface area (Å²) in [7, 11) is -3.43. The van der Waals surface area contributed by atoms with Gasteiger partial charge in [-0.1, -0.05) is 22.9 Å². The van der Waals surface area contributed by atoms with Crippen molar-refractivity contribution in [1.82, 2.24) is 9.62 Å². The second-order valence-electron chi connectivity index (χ2n) is 4.10. The van der Waals surface area contributed by atoms with E-state index in [1.165, 1.54) is 0 Å². The highest BCUT2D eigenvalue weighted by atomic mass is 79.9. The van der Waals surface area contributed by atoms with Crippen LogP contribution in [-0.2, 0) is 10.0 Å².